The van der Waals surface area contributed by atoms with Crippen LogP contribution in [0, 0.1) is 11.6 Å². The summed E-state index contributed by atoms with van der Waals surface area (Å²) in [4.78, 5) is 0.132. The maximum Gasteiger partial charge on any atom is 0.261 e. The molecular weight excluding hydrogens is 296 g/mol. The van der Waals surface area contributed by atoms with Crippen LogP contribution in [0.25, 0.3) is 0 Å². The molecule has 0 bridgehead atoms. The van der Waals surface area contributed by atoms with Gasteiger partial charge in [0.15, 0.2) is 11.6 Å². The van der Waals surface area contributed by atoms with E-state index in [9.17, 15) is 17.2 Å². The van der Waals surface area contributed by atoms with Gasteiger partial charge in [0.25, 0.3) is 10.0 Å². The first kappa shape index (κ1) is 14.0. The van der Waals surface area contributed by atoms with Gasteiger partial charge in [0.2, 0.25) is 0 Å². The summed E-state index contributed by atoms with van der Waals surface area (Å²) in [5, 5.41) is 0. The van der Waals surface area contributed by atoms with E-state index in [0.717, 1.165) is 37.0 Å². The van der Waals surface area contributed by atoms with Gasteiger partial charge in [-0.15, -0.1) is 0 Å². The molecule has 3 rings (SSSR count). The molecule has 1 aliphatic rings. The fourth-order valence-corrected chi connectivity index (χ4v) is 3.59. The van der Waals surface area contributed by atoms with Crippen molar-refractivity contribution in [2.45, 2.75) is 24.2 Å². The van der Waals surface area contributed by atoms with Crippen molar-refractivity contribution in [1.82, 2.24) is 0 Å². The fraction of sp³-hybridized carbons (Fsp3) is 0.200. The third kappa shape index (κ3) is 2.76. The molecule has 1 N–H and O–H groups in total. The lowest BCUT2D eigenvalue weighted by Gasteiger charge is -2.10. The van der Waals surface area contributed by atoms with Gasteiger partial charge >= 0.3 is 0 Å². The monoisotopic (exact) mass is 309 g/mol. The molecule has 0 aromatic heterocycles. The standard InChI is InChI=1S/C15H13F2NO2S/c16-14-7-5-12(9-15(14)17)18-21(19,20)13-6-4-10-2-1-3-11(10)8-13/h4-9,18H,1-3H2. The Bertz CT molecular complexity index is 803. The number of nitrogens with one attached hydrogen (secondary N) is 1. The number of sulfonamides is 1. The predicted molar refractivity (Wildman–Crippen MR) is 75.6 cm³/mol. The quantitative estimate of drug-likeness (QED) is 0.946. The Morgan fingerprint density at radius 2 is 1.67 bits per heavy atom. The first-order chi connectivity index (χ1) is 9.95. The highest BCUT2D eigenvalue weighted by atomic mass is 32.2. The molecule has 6 heteroatoms. The van der Waals surface area contributed by atoms with Gasteiger partial charge in [-0.25, -0.2) is 17.2 Å². The minimum Gasteiger partial charge on any atom is -0.280 e. The van der Waals surface area contributed by atoms with Crippen molar-refractivity contribution >= 4 is 15.7 Å². The SMILES string of the molecule is O=S(=O)(Nc1ccc(F)c(F)c1)c1ccc2c(c1)CCC2. The molecule has 1 aliphatic carbocycles. The van der Waals surface area contributed by atoms with Crippen molar-refractivity contribution in [2.24, 2.45) is 0 Å². The van der Waals surface area contributed by atoms with E-state index < -0.39 is 21.7 Å². The maximum atomic E-state index is 13.1. The molecule has 0 unspecified atom stereocenters. The number of rotatable bonds is 3. The highest BCUT2D eigenvalue weighted by Gasteiger charge is 2.19. The molecule has 0 spiro atoms. The molecule has 0 heterocycles. The molecule has 21 heavy (non-hydrogen) atoms. The van der Waals surface area contributed by atoms with Gasteiger partial charge in [0.05, 0.1) is 10.6 Å². The van der Waals surface area contributed by atoms with Gasteiger partial charge in [-0.3, -0.25) is 4.72 Å². The highest BCUT2D eigenvalue weighted by molar-refractivity contribution is 7.92. The van der Waals surface area contributed by atoms with Gasteiger partial charge in [-0.05, 0) is 54.7 Å². The lowest BCUT2D eigenvalue weighted by molar-refractivity contribution is 0.509. The van der Waals surface area contributed by atoms with Crippen LogP contribution in [0.15, 0.2) is 41.3 Å². The topological polar surface area (TPSA) is 46.2 Å². The summed E-state index contributed by atoms with van der Waals surface area (Å²) in [6.45, 7) is 0. The molecular formula is C15H13F2NO2S. The second kappa shape index (κ2) is 5.11. The van der Waals surface area contributed by atoms with Gasteiger partial charge in [-0.2, -0.15) is 0 Å². The maximum absolute atomic E-state index is 13.1. The van der Waals surface area contributed by atoms with Crippen molar-refractivity contribution in [3.05, 3.63) is 59.2 Å². The van der Waals surface area contributed by atoms with Crippen molar-refractivity contribution < 1.29 is 17.2 Å². The molecule has 0 amide bonds. The summed E-state index contributed by atoms with van der Waals surface area (Å²) in [6.07, 6.45) is 2.85. The number of fused-ring (bicyclic) bond motifs is 1. The van der Waals surface area contributed by atoms with Crippen molar-refractivity contribution in [2.75, 3.05) is 4.72 Å². The summed E-state index contributed by atoms with van der Waals surface area (Å²) >= 11 is 0. The van der Waals surface area contributed by atoms with Gasteiger partial charge < -0.3 is 0 Å². The zero-order valence-corrected chi connectivity index (χ0v) is 11.9. The summed E-state index contributed by atoms with van der Waals surface area (Å²) < 4.78 is 52.8. The van der Waals surface area contributed by atoms with E-state index in [0.29, 0.717) is 0 Å². The molecule has 0 aliphatic heterocycles. The molecule has 0 atom stereocenters. The fourth-order valence-electron chi connectivity index (χ4n) is 2.49. The Kier molecular flexibility index (Phi) is 3.41. The second-order valence-electron chi connectivity index (χ2n) is 5.02. The zero-order valence-electron chi connectivity index (χ0n) is 11.1. The molecule has 3 nitrogen and oxygen atoms in total. The Labute approximate surface area is 121 Å². The molecule has 110 valence electrons. The molecule has 0 fully saturated rings. The van der Waals surface area contributed by atoms with Crippen LogP contribution in [0.1, 0.15) is 17.5 Å². The highest BCUT2D eigenvalue weighted by Crippen LogP contribution is 2.26. The van der Waals surface area contributed by atoms with Crippen LogP contribution in [0.5, 0.6) is 0 Å². The third-order valence-electron chi connectivity index (χ3n) is 3.55. The number of anilines is 1. The van der Waals surface area contributed by atoms with Gasteiger partial charge in [0.1, 0.15) is 0 Å². The van der Waals surface area contributed by atoms with Crippen LogP contribution in [-0.4, -0.2) is 8.42 Å². The van der Waals surface area contributed by atoms with E-state index in [1.165, 1.54) is 17.7 Å². The number of benzene rings is 2. The normalized spacial score (nSPS) is 14.0. The molecule has 0 radical (unpaired) electrons. The smallest absolute Gasteiger partial charge is 0.261 e. The second-order valence-corrected chi connectivity index (χ2v) is 6.70. The number of halogens is 2. The number of aryl methyl sites for hydroxylation is 2. The van der Waals surface area contributed by atoms with Crippen molar-refractivity contribution in [3.63, 3.8) is 0 Å². The average Bonchev–Trinajstić information content (AvgIpc) is 2.90. The summed E-state index contributed by atoms with van der Waals surface area (Å²) in [7, 11) is -3.80. The van der Waals surface area contributed by atoms with E-state index in [2.05, 4.69) is 4.72 Å². The van der Waals surface area contributed by atoms with E-state index in [4.69, 9.17) is 0 Å². The van der Waals surface area contributed by atoms with E-state index in [-0.39, 0.29) is 10.6 Å². The van der Waals surface area contributed by atoms with E-state index >= 15 is 0 Å². The lowest BCUT2D eigenvalue weighted by atomic mass is 10.1. The summed E-state index contributed by atoms with van der Waals surface area (Å²) in [5.74, 6) is -2.11. The third-order valence-corrected chi connectivity index (χ3v) is 4.93. The van der Waals surface area contributed by atoms with Crippen LogP contribution < -0.4 is 4.72 Å². The van der Waals surface area contributed by atoms with Gasteiger partial charge in [0, 0.05) is 6.07 Å². The van der Waals surface area contributed by atoms with Crippen molar-refractivity contribution in [1.29, 1.82) is 0 Å². The lowest BCUT2D eigenvalue weighted by Crippen LogP contribution is -2.13. The van der Waals surface area contributed by atoms with Crippen LogP contribution in [0.2, 0.25) is 0 Å². The van der Waals surface area contributed by atoms with Gasteiger partial charge in [-0.1, -0.05) is 6.07 Å². The minimum atomic E-state index is -3.80. The largest absolute Gasteiger partial charge is 0.280 e. The predicted octanol–water partition coefficient (Wildman–Crippen LogP) is 3.25. The van der Waals surface area contributed by atoms with Crippen LogP contribution in [0.4, 0.5) is 14.5 Å². The Balaban J connectivity index is 1.91. The Morgan fingerprint density at radius 1 is 0.905 bits per heavy atom. The first-order valence-corrected chi connectivity index (χ1v) is 8.04. The molecule has 2 aromatic carbocycles. The van der Waals surface area contributed by atoms with Crippen LogP contribution in [0.3, 0.4) is 0 Å². The number of hydrogen-bond acceptors (Lipinski definition) is 2. The molecule has 0 saturated heterocycles. The molecule has 2 aromatic rings. The molecule has 0 saturated carbocycles. The average molecular weight is 309 g/mol. The Hall–Kier alpha value is -1.95. The Morgan fingerprint density at radius 3 is 2.43 bits per heavy atom. The first-order valence-electron chi connectivity index (χ1n) is 6.55. The summed E-state index contributed by atoms with van der Waals surface area (Å²) in [5.41, 5.74) is 2.19. The van der Waals surface area contributed by atoms with E-state index in [1.54, 1.807) is 6.07 Å². The number of hydrogen-bond donors (Lipinski definition) is 1. The summed E-state index contributed by atoms with van der Waals surface area (Å²) in [6, 6.07) is 7.87. The van der Waals surface area contributed by atoms with E-state index in [1.807, 2.05) is 6.07 Å². The van der Waals surface area contributed by atoms with Crippen molar-refractivity contribution in [3.8, 4) is 0 Å². The van der Waals surface area contributed by atoms with Crippen LogP contribution >= 0.6 is 0 Å². The zero-order chi connectivity index (χ0) is 15.0. The van der Waals surface area contributed by atoms with Crippen LogP contribution in [-0.2, 0) is 22.9 Å². The minimum absolute atomic E-state index is 0.00519.